The molecule has 1 saturated heterocycles. The zero-order valence-corrected chi connectivity index (χ0v) is 14.5. The van der Waals surface area contributed by atoms with Gasteiger partial charge in [-0.2, -0.15) is 5.10 Å². The zero-order valence-electron chi connectivity index (χ0n) is 14.5. The molecule has 3 heterocycles. The first-order chi connectivity index (χ1) is 12.2. The van der Waals surface area contributed by atoms with Crippen LogP contribution in [0, 0.1) is 5.92 Å². The Morgan fingerprint density at radius 3 is 2.80 bits per heavy atom. The van der Waals surface area contributed by atoms with Crippen LogP contribution in [0.4, 0.5) is 5.82 Å². The van der Waals surface area contributed by atoms with Crippen LogP contribution in [-0.4, -0.2) is 56.4 Å². The lowest BCUT2D eigenvalue weighted by Gasteiger charge is -2.32. The molecule has 0 saturated carbocycles. The molecule has 0 unspecified atom stereocenters. The number of anilines is 1. The third-order valence-corrected chi connectivity index (χ3v) is 4.58. The Bertz CT molecular complexity index is 663. The predicted molar refractivity (Wildman–Crippen MR) is 95.3 cm³/mol. The summed E-state index contributed by atoms with van der Waals surface area (Å²) in [6.45, 7) is 4.36. The monoisotopic (exact) mass is 343 g/mol. The largest absolute Gasteiger partial charge is 0.394 e. The van der Waals surface area contributed by atoms with Crippen LogP contribution in [0.15, 0.2) is 36.8 Å². The minimum atomic E-state index is -0.0668. The molecule has 0 aliphatic carbocycles. The van der Waals surface area contributed by atoms with E-state index >= 15 is 0 Å². The number of likely N-dealkylation sites (tertiary alicyclic amines) is 1. The van der Waals surface area contributed by atoms with Crippen LogP contribution < -0.4 is 5.32 Å². The molecule has 0 aromatic carbocycles. The van der Waals surface area contributed by atoms with Crippen LogP contribution in [0.3, 0.4) is 0 Å². The summed E-state index contributed by atoms with van der Waals surface area (Å²) in [5, 5.41) is 16.4. The van der Waals surface area contributed by atoms with Crippen LogP contribution in [0.5, 0.6) is 0 Å². The molecule has 1 amide bonds. The summed E-state index contributed by atoms with van der Waals surface area (Å²) in [7, 11) is 0. The average molecular weight is 343 g/mol. The molecule has 2 aromatic heterocycles. The van der Waals surface area contributed by atoms with Crippen LogP contribution in [0.2, 0.25) is 0 Å². The fraction of sp³-hybridized carbons (Fsp3) is 0.500. The van der Waals surface area contributed by atoms with Gasteiger partial charge in [0.2, 0.25) is 0 Å². The maximum Gasteiger partial charge on any atom is 0.255 e. The van der Waals surface area contributed by atoms with Crippen molar-refractivity contribution in [2.24, 2.45) is 5.92 Å². The lowest BCUT2D eigenvalue weighted by Crippen LogP contribution is -2.39. The molecule has 0 radical (unpaired) electrons. The summed E-state index contributed by atoms with van der Waals surface area (Å²) < 4.78 is 1.96. The Morgan fingerprint density at radius 1 is 1.40 bits per heavy atom. The van der Waals surface area contributed by atoms with Gasteiger partial charge in [-0.1, -0.05) is 0 Å². The molecule has 134 valence electrons. The molecule has 1 fully saturated rings. The summed E-state index contributed by atoms with van der Waals surface area (Å²) in [6.07, 6.45) is 7.37. The lowest BCUT2D eigenvalue weighted by atomic mass is 9.96. The fourth-order valence-electron chi connectivity index (χ4n) is 3.08. The number of aliphatic hydroxyl groups is 1. The van der Waals surface area contributed by atoms with Crippen molar-refractivity contribution in [3.8, 4) is 0 Å². The van der Waals surface area contributed by atoms with Crippen molar-refractivity contribution in [1.29, 1.82) is 0 Å². The van der Waals surface area contributed by atoms with Crippen molar-refractivity contribution >= 4 is 11.7 Å². The second-order valence-electron chi connectivity index (χ2n) is 6.62. The van der Waals surface area contributed by atoms with E-state index in [0.29, 0.717) is 17.3 Å². The first-order valence-electron chi connectivity index (χ1n) is 8.76. The van der Waals surface area contributed by atoms with E-state index in [1.165, 1.54) is 0 Å². The average Bonchev–Trinajstić information content (AvgIpc) is 3.15. The van der Waals surface area contributed by atoms with E-state index in [1.54, 1.807) is 24.5 Å². The molecule has 2 aromatic rings. The van der Waals surface area contributed by atoms with Gasteiger partial charge in [0.15, 0.2) is 0 Å². The first kappa shape index (κ1) is 17.4. The van der Waals surface area contributed by atoms with E-state index in [-0.39, 0.29) is 18.6 Å². The number of aliphatic hydroxyl groups excluding tert-OH is 1. The molecule has 1 aliphatic heterocycles. The van der Waals surface area contributed by atoms with Gasteiger partial charge in [0, 0.05) is 44.3 Å². The highest BCUT2D eigenvalue weighted by molar-refractivity contribution is 5.94. The van der Waals surface area contributed by atoms with Gasteiger partial charge in [0.05, 0.1) is 12.2 Å². The van der Waals surface area contributed by atoms with E-state index in [9.17, 15) is 4.79 Å². The Hall–Kier alpha value is -2.41. The molecule has 1 aliphatic rings. The zero-order chi connectivity index (χ0) is 17.6. The Morgan fingerprint density at radius 2 is 2.20 bits per heavy atom. The number of nitrogens with zero attached hydrogens (tertiary/aromatic N) is 4. The van der Waals surface area contributed by atoms with E-state index < -0.39 is 0 Å². The number of pyridine rings is 1. The molecule has 1 atom stereocenters. The maximum atomic E-state index is 12.6. The van der Waals surface area contributed by atoms with Gasteiger partial charge < -0.3 is 15.3 Å². The SMILES string of the molecule is C[C@H](CO)Nc1ccc(C(=O)N2CCC(Cn3cccn3)CC2)cn1. The summed E-state index contributed by atoms with van der Waals surface area (Å²) in [4.78, 5) is 18.8. The highest BCUT2D eigenvalue weighted by Gasteiger charge is 2.24. The minimum absolute atomic E-state index is 0.0341. The number of hydrogen-bond acceptors (Lipinski definition) is 5. The molecular formula is C18H25N5O2. The van der Waals surface area contributed by atoms with Gasteiger partial charge in [0.25, 0.3) is 5.91 Å². The number of aromatic nitrogens is 3. The van der Waals surface area contributed by atoms with Crippen LogP contribution in [0.1, 0.15) is 30.1 Å². The highest BCUT2D eigenvalue weighted by Crippen LogP contribution is 2.20. The van der Waals surface area contributed by atoms with Crippen molar-refractivity contribution in [3.63, 3.8) is 0 Å². The lowest BCUT2D eigenvalue weighted by molar-refractivity contribution is 0.0681. The molecular weight excluding hydrogens is 318 g/mol. The normalized spacial score (nSPS) is 16.6. The Balaban J connectivity index is 1.52. The molecule has 2 N–H and O–H groups in total. The minimum Gasteiger partial charge on any atom is -0.394 e. The maximum absolute atomic E-state index is 12.6. The van der Waals surface area contributed by atoms with Crippen molar-refractivity contribution in [3.05, 3.63) is 42.4 Å². The van der Waals surface area contributed by atoms with E-state index in [4.69, 9.17) is 5.11 Å². The highest BCUT2D eigenvalue weighted by atomic mass is 16.3. The summed E-state index contributed by atoms with van der Waals surface area (Å²) in [5.74, 6) is 1.26. The molecule has 0 spiro atoms. The van der Waals surface area contributed by atoms with E-state index in [1.807, 2.05) is 28.8 Å². The Labute approximate surface area is 147 Å². The number of carbonyl (C=O) groups is 1. The predicted octanol–water partition coefficient (Wildman–Crippen LogP) is 1.62. The number of rotatable bonds is 6. The molecule has 25 heavy (non-hydrogen) atoms. The molecule has 7 heteroatoms. The number of amides is 1. The summed E-state index contributed by atoms with van der Waals surface area (Å²) in [6, 6.07) is 5.44. The smallest absolute Gasteiger partial charge is 0.255 e. The standard InChI is InChI=1S/C18H25N5O2/c1-14(13-24)21-17-4-3-16(11-19-17)18(25)22-9-5-15(6-10-22)12-23-8-2-7-20-23/h2-4,7-8,11,14-15,24H,5-6,9-10,12-13H2,1H3,(H,19,21)/t14-/m1/s1. The van der Waals surface area contributed by atoms with Crippen LogP contribution in [-0.2, 0) is 6.54 Å². The van der Waals surface area contributed by atoms with Gasteiger partial charge >= 0.3 is 0 Å². The molecule has 7 nitrogen and oxygen atoms in total. The fourth-order valence-corrected chi connectivity index (χ4v) is 3.08. The molecule has 0 bridgehead atoms. The van der Waals surface area contributed by atoms with Gasteiger partial charge in [-0.3, -0.25) is 9.48 Å². The van der Waals surface area contributed by atoms with Crippen LogP contribution in [0.25, 0.3) is 0 Å². The quantitative estimate of drug-likeness (QED) is 0.833. The van der Waals surface area contributed by atoms with Crippen molar-refractivity contribution in [2.45, 2.75) is 32.4 Å². The van der Waals surface area contributed by atoms with E-state index in [0.717, 1.165) is 32.5 Å². The third kappa shape index (κ3) is 4.57. The van der Waals surface area contributed by atoms with Crippen molar-refractivity contribution < 1.29 is 9.90 Å². The van der Waals surface area contributed by atoms with Gasteiger partial charge in [-0.05, 0) is 43.9 Å². The first-order valence-corrected chi connectivity index (χ1v) is 8.76. The third-order valence-electron chi connectivity index (χ3n) is 4.58. The van der Waals surface area contributed by atoms with Gasteiger partial charge in [-0.15, -0.1) is 0 Å². The Kier molecular flexibility index (Phi) is 5.65. The number of nitrogens with one attached hydrogen (secondary N) is 1. The van der Waals surface area contributed by atoms with Crippen molar-refractivity contribution in [1.82, 2.24) is 19.7 Å². The second-order valence-corrected chi connectivity index (χ2v) is 6.62. The number of hydrogen-bond donors (Lipinski definition) is 2. The number of carbonyl (C=O) groups excluding carboxylic acids is 1. The van der Waals surface area contributed by atoms with Gasteiger partial charge in [-0.25, -0.2) is 4.98 Å². The van der Waals surface area contributed by atoms with Crippen LogP contribution >= 0.6 is 0 Å². The molecule has 3 rings (SSSR count). The number of piperidine rings is 1. The van der Waals surface area contributed by atoms with Crippen molar-refractivity contribution in [2.75, 3.05) is 25.0 Å². The second kappa shape index (κ2) is 8.11. The van der Waals surface area contributed by atoms with E-state index in [2.05, 4.69) is 15.4 Å². The summed E-state index contributed by atoms with van der Waals surface area (Å²) >= 11 is 0. The topological polar surface area (TPSA) is 83.3 Å². The van der Waals surface area contributed by atoms with Gasteiger partial charge in [0.1, 0.15) is 5.82 Å². The summed E-state index contributed by atoms with van der Waals surface area (Å²) in [5.41, 5.74) is 0.604.